The zero-order valence-corrected chi connectivity index (χ0v) is 13.6. The summed E-state index contributed by atoms with van der Waals surface area (Å²) in [5, 5.41) is 6.55. The summed E-state index contributed by atoms with van der Waals surface area (Å²) in [6.07, 6.45) is 1.64. The molecule has 21 heavy (non-hydrogen) atoms. The Bertz CT molecular complexity index is 761. The molecule has 0 saturated heterocycles. The second kappa shape index (κ2) is 6.02. The van der Waals surface area contributed by atoms with Gasteiger partial charge in [0.05, 0.1) is 4.47 Å². The van der Waals surface area contributed by atoms with Crippen LogP contribution in [0.15, 0.2) is 27.6 Å². The van der Waals surface area contributed by atoms with Crippen molar-refractivity contribution in [2.75, 3.05) is 10.5 Å². The molecule has 2 aromatic rings. The van der Waals surface area contributed by atoms with Gasteiger partial charge in [-0.2, -0.15) is 5.10 Å². The molecule has 0 aliphatic heterocycles. The number of hydrogen-bond acceptors (Lipinski definition) is 4. The van der Waals surface area contributed by atoms with Gasteiger partial charge in [0.2, 0.25) is 0 Å². The summed E-state index contributed by atoms with van der Waals surface area (Å²) in [7, 11) is -4.11. The fraction of sp³-hybridized carbons (Fsp3) is 0.250. The predicted molar refractivity (Wildman–Crippen MR) is 81.9 cm³/mol. The van der Waals surface area contributed by atoms with Crippen molar-refractivity contribution >= 4 is 37.5 Å². The summed E-state index contributed by atoms with van der Waals surface area (Å²) < 4.78 is 40.6. The zero-order chi connectivity index (χ0) is 15.6. The maximum atomic E-state index is 14.0. The number of nitrogen functional groups attached to an aromatic ring is 1. The van der Waals surface area contributed by atoms with Crippen molar-refractivity contribution in [2.24, 2.45) is 0 Å². The highest BCUT2D eigenvalue weighted by Crippen LogP contribution is 2.27. The van der Waals surface area contributed by atoms with Crippen molar-refractivity contribution in [3.8, 4) is 0 Å². The minimum Gasteiger partial charge on any atom is -0.399 e. The van der Waals surface area contributed by atoms with E-state index in [9.17, 15) is 12.8 Å². The third kappa shape index (κ3) is 3.53. The molecule has 4 N–H and O–H groups in total. The molecule has 0 aliphatic rings. The van der Waals surface area contributed by atoms with E-state index < -0.39 is 20.7 Å². The van der Waals surface area contributed by atoms with E-state index in [4.69, 9.17) is 5.73 Å². The van der Waals surface area contributed by atoms with Crippen LogP contribution in [-0.4, -0.2) is 18.6 Å². The molecule has 0 fully saturated rings. The number of sulfonamides is 1. The monoisotopic (exact) mass is 376 g/mol. The Morgan fingerprint density at radius 3 is 2.81 bits per heavy atom. The molecular formula is C12H14BrFN4O2S. The molecule has 0 amide bonds. The van der Waals surface area contributed by atoms with Gasteiger partial charge in [0.25, 0.3) is 10.0 Å². The molecular weight excluding hydrogens is 363 g/mol. The van der Waals surface area contributed by atoms with Crippen molar-refractivity contribution in [2.45, 2.75) is 24.7 Å². The highest BCUT2D eigenvalue weighted by atomic mass is 79.9. The van der Waals surface area contributed by atoms with Gasteiger partial charge in [0, 0.05) is 17.4 Å². The molecule has 114 valence electrons. The van der Waals surface area contributed by atoms with Crippen molar-refractivity contribution in [3.05, 3.63) is 34.2 Å². The van der Waals surface area contributed by atoms with Crippen LogP contribution in [0.5, 0.6) is 0 Å². The average molecular weight is 377 g/mol. The number of anilines is 2. The van der Waals surface area contributed by atoms with Gasteiger partial charge in [-0.15, -0.1) is 0 Å². The van der Waals surface area contributed by atoms with E-state index in [1.54, 1.807) is 6.07 Å². The van der Waals surface area contributed by atoms with Crippen molar-refractivity contribution in [1.82, 2.24) is 10.2 Å². The summed E-state index contributed by atoms with van der Waals surface area (Å²) in [4.78, 5) is -0.533. The van der Waals surface area contributed by atoms with Crippen molar-refractivity contribution in [1.29, 1.82) is 0 Å². The molecule has 0 bridgehead atoms. The Morgan fingerprint density at radius 2 is 2.14 bits per heavy atom. The topological polar surface area (TPSA) is 101 Å². The lowest BCUT2D eigenvalue weighted by Crippen LogP contribution is -2.15. The molecule has 0 radical (unpaired) electrons. The molecule has 0 spiro atoms. The summed E-state index contributed by atoms with van der Waals surface area (Å²) in [5.74, 6) is -0.794. The normalized spacial score (nSPS) is 11.6. The van der Waals surface area contributed by atoms with Gasteiger partial charge in [0.15, 0.2) is 11.6 Å². The third-order valence-electron chi connectivity index (χ3n) is 2.70. The van der Waals surface area contributed by atoms with Crippen LogP contribution in [0.4, 0.5) is 15.9 Å². The van der Waals surface area contributed by atoms with Crippen LogP contribution >= 0.6 is 15.9 Å². The molecule has 1 aromatic carbocycles. The number of aromatic amines is 1. The zero-order valence-electron chi connectivity index (χ0n) is 11.2. The minimum absolute atomic E-state index is 0.0171. The largest absolute Gasteiger partial charge is 0.399 e. The molecule has 6 nitrogen and oxygen atoms in total. The van der Waals surface area contributed by atoms with Gasteiger partial charge < -0.3 is 5.73 Å². The second-order valence-electron chi connectivity index (χ2n) is 4.45. The van der Waals surface area contributed by atoms with E-state index in [0.717, 1.165) is 24.6 Å². The predicted octanol–water partition coefficient (Wildman–Crippen LogP) is 2.65. The highest BCUT2D eigenvalue weighted by molar-refractivity contribution is 9.10. The van der Waals surface area contributed by atoms with E-state index in [2.05, 4.69) is 30.8 Å². The molecule has 1 heterocycles. The Kier molecular flexibility index (Phi) is 4.52. The molecule has 0 atom stereocenters. The number of hydrogen-bond donors (Lipinski definition) is 3. The van der Waals surface area contributed by atoms with Crippen LogP contribution in [0.25, 0.3) is 0 Å². The van der Waals surface area contributed by atoms with Crippen LogP contribution in [-0.2, 0) is 16.4 Å². The van der Waals surface area contributed by atoms with Gasteiger partial charge in [0.1, 0.15) is 4.90 Å². The molecule has 0 aliphatic carbocycles. The van der Waals surface area contributed by atoms with Gasteiger partial charge >= 0.3 is 0 Å². The SMILES string of the molecule is CCCc1cc(NS(=O)(=O)c2cc(N)cc(Br)c2F)n[nH]1. The number of H-pyrrole nitrogens is 1. The van der Waals surface area contributed by atoms with Gasteiger partial charge in [-0.25, -0.2) is 12.8 Å². The Hall–Kier alpha value is -1.61. The minimum atomic E-state index is -4.11. The van der Waals surface area contributed by atoms with Crippen LogP contribution < -0.4 is 10.5 Å². The number of nitrogens with one attached hydrogen (secondary N) is 2. The molecule has 1 aromatic heterocycles. The number of nitrogens with zero attached hydrogens (tertiary/aromatic N) is 1. The van der Waals surface area contributed by atoms with Crippen molar-refractivity contribution in [3.63, 3.8) is 0 Å². The molecule has 2 rings (SSSR count). The standard InChI is InChI=1S/C12H14BrFN4O2S/c1-2-3-8-6-11(17-16-8)18-21(19,20)10-5-7(15)4-9(13)12(10)14/h4-6H,2-3,15H2,1H3,(H2,16,17,18). The van der Waals surface area contributed by atoms with Crippen LogP contribution in [0.3, 0.4) is 0 Å². The first-order chi connectivity index (χ1) is 9.83. The fourth-order valence-corrected chi connectivity index (χ4v) is 3.52. The first-order valence-electron chi connectivity index (χ1n) is 6.15. The van der Waals surface area contributed by atoms with E-state index >= 15 is 0 Å². The fourth-order valence-electron chi connectivity index (χ4n) is 1.78. The lowest BCUT2D eigenvalue weighted by molar-refractivity contribution is 0.566. The summed E-state index contributed by atoms with van der Waals surface area (Å²) in [5.41, 5.74) is 6.48. The molecule has 9 heteroatoms. The number of benzene rings is 1. The van der Waals surface area contributed by atoms with Crippen LogP contribution in [0, 0.1) is 5.82 Å². The number of rotatable bonds is 5. The van der Waals surface area contributed by atoms with Crippen LogP contribution in [0.1, 0.15) is 19.0 Å². The van der Waals surface area contributed by atoms with Crippen molar-refractivity contribution < 1.29 is 12.8 Å². The number of halogens is 2. The number of nitrogens with two attached hydrogens (primary N) is 1. The van der Waals surface area contributed by atoms with Gasteiger partial charge in [-0.1, -0.05) is 13.3 Å². The third-order valence-corrected chi connectivity index (χ3v) is 4.63. The van der Waals surface area contributed by atoms with Gasteiger partial charge in [-0.05, 0) is 34.5 Å². The maximum Gasteiger partial charge on any atom is 0.266 e. The smallest absolute Gasteiger partial charge is 0.266 e. The lowest BCUT2D eigenvalue weighted by Gasteiger charge is -2.08. The average Bonchev–Trinajstić information content (AvgIpc) is 2.80. The first kappa shape index (κ1) is 15.8. The maximum absolute atomic E-state index is 14.0. The summed E-state index contributed by atoms with van der Waals surface area (Å²) in [6.45, 7) is 1.99. The highest BCUT2D eigenvalue weighted by Gasteiger charge is 2.22. The van der Waals surface area contributed by atoms with E-state index in [1.165, 1.54) is 6.07 Å². The molecule has 0 saturated carbocycles. The van der Waals surface area contributed by atoms with Gasteiger partial charge in [-0.3, -0.25) is 9.82 Å². The summed E-state index contributed by atoms with van der Waals surface area (Å²) >= 11 is 2.93. The molecule has 0 unspecified atom stereocenters. The summed E-state index contributed by atoms with van der Waals surface area (Å²) in [6, 6.07) is 3.92. The Balaban J connectivity index is 2.34. The lowest BCUT2D eigenvalue weighted by atomic mass is 10.2. The van der Waals surface area contributed by atoms with E-state index in [-0.39, 0.29) is 16.0 Å². The van der Waals surface area contributed by atoms with E-state index in [0.29, 0.717) is 0 Å². The second-order valence-corrected chi connectivity index (χ2v) is 6.95. The Morgan fingerprint density at radius 1 is 1.43 bits per heavy atom. The quantitative estimate of drug-likeness (QED) is 0.698. The Labute approximate surface area is 130 Å². The number of aryl methyl sites for hydroxylation is 1. The van der Waals surface area contributed by atoms with E-state index in [1.807, 2.05) is 6.92 Å². The van der Waals surface area contributed by atoms with Crippen LogP contribution in [0.2, 0.25) is 0 Å². The first-order valence-corrected chi connectivity index (χ1v) is 8.42. The number of aromatic nitrogens is 2.